The van der Waals surface area contributed by atoms with Crippen molar-refractivity contribution in [3.8, 4) is 0 Å². The summed E-state index contributed by atoms with van der Waals surface area (Å²) < 4.78 is 101. The van der Waals surface area contributed by atoms with Gasteiger partial charge in [0.05, 0.1) is 0 Å². The van der Waals surface area contributed by atoms with Crippen molar-refractivity contribution in [1.29, 1.82) is 0 Å². The molecule has 0 atom stereocenters. The van der Waals surface area contributed by atoms with Crippen LogP contribution in [0, 0.1) is 6.17 Å². The molecule has 0 aliphatic carbocycles. The minimum Gasteiger partial charge on any atom is -0.222 e. The van der Waals surface area contributed by atoms with Crippen LogP contribution in [0.1, 0.15) is 0 Å². The lowest BCUT2D eigenvalue weighted by Gasteiger charge is -2.23. The second-order valence-corrected chi connectivity index (χ2v) is 1.88. The summed E-state index contributed by atoms with van der Waals surface area (Å²) in [7, 11) is 0. The molecule has 0 aliphatic rings. The quantitative estimate of drug-likeness (QED) is 0.593. The lowest BCUT2D eigenvalue weighted by Crippen LogP contribution is -2.46. The molecule has 0 aromatic carbocycles. The normalized spacial score (nSPS) is 15.2. The Morgan fingerprint density at radius 3 is 1.08 bits per heavy atom. The maximum Gasteiger partial charge on any atom is 0.457 e. The van der Waals surface area contributed by atoms with E-state index in [0.29, 0.717) is 0 Å². The van der Waals surface area contributed by atoms with Crippen LogP contribution < -0.4 is 0 Å². The van der Waals surface area contributed by atoms with Crippen LogP contribution in [0.2, 0.25) is 0 Å². The van der Waals surface area contributed by atoms with E-state index >= 15 is 0 Å². The molecule has 13 heavy (non-hydrogen) atoms. The third kappa shape index (κ3) is 2.41. The average Bonchev–Trinajstić information content (AvgIpc) is 1.81. The van der Waals surface area contributed by atoms with Crippen molar-refractivity contribution < 1.29 is 39.5 Å². The summed E-state index contributed by atoms with van der Waals surface area (Å²) in [5.74, 6) is -6.49. The molecule has 9 heteroatoms. The van der Waals surface area contributed by atoms with E-state index in [1.54, 1.807) is 0 Å². The van der Waals surface area contributed by atoms with Crippen molar-refractivity contribution >= 4 is 0 Å². The maximum atomic E-state index is 11.6. The van der Waals surface area contributed by atoms with E-state index in [2.05, 4.69) is 0 Å². The molecule has 0 saturated heterocycles. The molecular weight excluding hydrogens is 219 g/mol. The Kier molecular flexibility index (Phi) is 2.80. The summed E-state index contributed by atoms with van der Waals surface area (Å²) in [5.41, 5.74) is 0. The first-order valence-corrected chi connectivity index (χ1v) is 2.45. The third-order valence-corrected chi connectivity index (χ3v) is 0.881. The van der Waals surface area contributed by atoms with Crippen LogP contribution >= 0.6 is 0 Å². The Morgan fingerprint density at radius 2 is 1.00 bits per heavy atom. The van der Waals surface area contributed by atoms with Crippen LogP contribution in [0.15, 0.2) is 0 Å². The van der Waals surface area contributed by atoms with Gasteiger partial charge >= 0.3 is 24.4 Å². The minimum atomic E-state index is -6.59. The highest BCUT2D eigenvalue weighted by Crippen LogP contribution is 2.49. The Bertz CT molecular complexity index is 173. The topological polar surface area (TPSA) is 0 Å². The van der Waals surface area contributed by atoms with E-state index in [0.717, 1.165) is 0 Å². The highest BCUT2D eigenvalue weighted by molar-refractivity contribution is 5.03. The number of hydrogen-bond acceptors (Lipinski definition) is 0. The molecular formula is C4F9. The standard InChI is InChI=1S/C4F9/c5-1(3(8,9)10)2(6,7)4(11,12)13. The van der Waals surface area contributed by atoms with Crippen LogP contribution in [-0.2, 0) is 0 Å². The van der Waals surface area contributed by atoms with E-state index in [1.807, 2.05) is 0 Å². The number of hydrogen-bond donors (Lipinski definition) is 0. The fourth-order valence-electron chi connectivity index (χ4n) is 0.302. The van der Waals surface area contributed by atoms with Gasteiger partial charge in [-0.2, -0.15) is 35.1 Å². The van der Waals surface area contributed by atoms with Crippen LogP contribution in [0.4, 0.5) is 39.5 Å². The summed E-state index contributed by atoms with van der Waals surface area (Å²) in [6, 6.07) is 0. The highest BCUT2D eigenvalue weighted by atomic mass is 19.4. The van der Waals surface area contributed by atoms with Gasteiger partial charge in [-0.1, -0.05) is 0 Å². The molecule has 0 N–H and O–H groups in total. The molecule has 0 heterocycles. The smallest absolute Gasteiger partial charge is 0.222 e. The Morgan fingerprint density at radius 1 is 0.692 bits per heavy atom. The van der Waals surface area contributed by atoms with E-state index in [-0.39, 0.29) is 0 Å². The van der Waals surface area contributed by atoms with Gasteiger partial charge in [0, 0.05) is 0 Å². The number of alkyl halides is 8. The van der Waals surface area contributed by atoms with Crippen molar-refractivity contribution in [2.75, 3.05) is 0 Å². The molecule has 0 unspecified atom stereocenters. The molecule has 0 aromatic rings. The lowest BCUT2D eigenvalue weighted by atomic mass is 10.2. The first kappa shape index (κ1) is 12.4. The maximum absolute atomic E-state index is 11.6. The van der Waals surface area contributed by atoms with Crippen molar-refractivity contribution in [3.63, 3.8) is 0 Å². The van der Waals surface area contributed by atoms with Gasteiger partial charge in [-0.25, -0.2) is 4.39 Å². The fourth-order valence-corrected chi connectivity index (χ4v) is 0.302. The van der Waals surface area contributed by atoms with Gasteiger partial charge < -0.3 is 0 Å². The Balaban J connectivity index is 4.86. The summed E-state index contributed by atoms with van der Waals surface area (Å²) >= 11 is 0. The van der Waals surface area contributed by atoms with Crippen LogP contribution in [0.5, 0.6) is 0 Å². The molecule has 0 fully saturated rings. The SMILES string of the molecule is F[C](C(F)(F)F)C(F)(F)C(F)(F)F. The number of halogens is 9. The second kappa shape index (κ2) is 2.95. The molecule has 0 bridgehead atoms. The Hall–Kier alpha value is -0.630. The van der Waals surface area contributed by atoms with Crippen LogP contribution in [0.25, 0.3) is 0 Å². The molecule has 1 radical (unpaired) electrons. The van der Waals surface area contributed by atoms with Crippen LogP contribution in [0.3, 0.4) is 0 Å². The van der Waals surface area contributed by atoms with Crippen molar-refractivity contribution in [2.24, 2.45) is 0 Å². The van der Waals surface area contributed by atoms with Gasteiger partial charge in [-0.15, -0.1) is 0 Å². The molecule has 0 aromatic heterocycles. The molecule has 0 rings (SSSR count). The van der Waals surface area contributed by atoms with Gasteiger partial charge in [0.1, 0.15) is 0 Å². The van der Waals surface area contributed by atoms with E-state index in [9.17, 15) is 39.5 Å². The summed E-state index contributed by atoms with van der Waals surface area (Å²) in [4.78, 5) is 0. The summed E-state index contributed by atoms with van der Waals surface area (Å²) in [5, 5.41) is 0. The molecule has 0 amide bonds. The number of rotatable bonds is 1. The van der Waals surface area contributed by atoms with Gasteiger partial charge in [0.25, 0.3) is 0 Å². The zero-order valence-electron chi connectivity index (χ0n) is 5.40. The average molecular weight is 219 g/mol. The van der Waals surface area contributed by atoms with Crippen molar-refractivity contribution in [1.82, 2.24) is 0 Å². The predicted molar refractivity (Wildman–Crippen MR) is 21.4 cm³/mol. The van der Waals surface area contributed by atoms with Gasteiger partial charge in [0.15, 0.2) is 0 Å². The van der Waals surface area contributed by atoms with E-state index < -0.39 is 24.4 Å². The van der Waals surface area contributed by atoms with Crippen LogP contribution in [-0.4, -0.2) is 18.3 Å². The third-order valence-electron chi connectivity index (χ3n) is 0.881. The highest BCUT2D eigenvalue weighted by Gasteiger charge is 2.72. The molecule has 0 nitrogen and oxygen atoms in total. The molecule has 0 saturated carbocycles. The monoisotopic (exact) mass is 219 g/mol. The van der Waals surface area contributed by atoms with Crippen molar-refractivity contribution in [3.05, 3.63) is 6.17 Å². The van der Waals surface area contributed by atoms with Gasteiger partial charge in [0.2, 0.25) is 0 Å². The van der Waals surface area contributed by atoms with Gasteiger partial charge in [-0.3, -0.25) is 0 Å². The fraction of sp³-hybridized carbons (Fsp3) is 0.750. The summed E-state index contributed by atoms with van der Waals surface area (Å²) in [6.45, 7) is 0. The summed E-state index contributed by atoms with van der Waals surface area (Å²) in [6.07, 6.45) is -17.3. The predicted octanol–water partition coefficient (Wildman–Crippen LogP) is 3.25. The molecule has 0 spiro atoms. The Labute approximate surface area is 65.3 Å². The van der Waals surface area contributed by atoms with E-state index in [1.165, 1.54) is 0 Å². The first-order chi connectivity index (χ1) is 5.40. The van der Waals surface area contributed by atoms with Gasteiger partial charge in [-0.05, 0) is 0 Å². The molecule has 0 aliphatic heterocycles. The van der Waals surface area contributed by atoms with Crippen molar-refractivity contribution in [2.45, 2.75) is 18.3 Å². The molecule has 79 valence electrons. The minimum absolute atomic E-state index is 4.37. The second-order valence-electron chi connectivity index (χ2n) is 1.88. The van der Waals surface area contributed by atoms with E-state index in [4.69, 9.17) is 0 Å². The zero-order chi connectivity index (χ0) is 11.1. The largest absolute Gasteiger partial charge is 0.457 e. The first-order valence-electron chi connectivity index (χ1n) is 2.45. The lowest BCUT2D eigenvalue weighted by molar-refractivity contribution is -0.311. The zero-order valence-corrected chi connectivity index (χ0v) is 5.40.